The van der Waals surface area contributed by atoms with Crippen LogP contribution in [0.4, 0.5) is 0 Å². The summed E-state index contributed by atoms with van der Waals surface area (Å²) in [7, 11) is -3.69. The number of aromatic nitrogens is 3. The van der Waals surface area contributed by atoms with Crippen LogP contribution >= 0.6 is 0 Å². The van der Waals surface area contributed by atoms with Gasteiger partial charge in [0, 0.05) is 0 Å². The lowest BCUT2D eigenvalue weighted by molar-refractivity contribution is -0.130. The van der Waals surface area contributed by atoms with Gasteiger partial charge in [0.1, 0.15) is 0 Å². The highest BCUT2D eigenvalue weighted by Crippen LogP contribution is 2.22. The van der Waals surface area contributed by atoms with Gasteiger partial charge in [-0.05, 0) is 34.9 Å². The first-order valence-electron chi connectivity index (χ1n) is 10.3. The number of carbonyl (C=O) groups is 1. The summed E-state index contributed by atoms with van der Waals surface area (Å²) < 4.78 is 28.9. The van der Waals surface area contributed by atoms with Gasteiger partial charge in [-0.25, -0.2) is 23.3 Å². The number of hydrogen-bond donors (Lipinski definition) is 3. The van der Waals surface area contributed by atoms with Gasteiger partial charge in [0.2, 0.25) is 15.9 Å². The molecule has 4 rings (SSSR count). The van der Waals surface area contributed by atoms with E-state index in [0.717, 1.165) is 16.3 Å². The first-order valence-corrected chi connectivity index (χ1v) is 11.8. The standard InChI is InChI=1S/C23H23N5O4S/c29-23(26-30)14-21(13-17-10-11-18-6-4-5-7-19(18)12-17)28-16-20(25-27-28)15-24-33(31,32)22-8-2-1-3-9-22/h1-12,16,21,24,30H,13-15H2,(H,26,29)/t21-/m1/s1. The number of benzene rings is 3. The van der Waals surface area contributed by atoms with Crippen molar-refractivity contribution in [3.63, 3.8) is 0 Å². The molecule has 0 radical (unpaired) electrons. The smallest absolute Gasteiger partial charge is 0.245 e. The fourth-order valence-electron chi connectivity index (χ4n) is 3.58. The zero-order valence-corrected chi connectivity index (χ0v) is 18.4. The van der Waals surface area contributed by atoms with Gasteiger partial charge in [-0.3, -0.25) is 10.0 Å². The molecule has 3 aromatic carbocycles. The van der Waals surface area contributed by atoms with E-state index >= 15 is 0 Å². The average molecular weight is 466 g/mol. The van der Waals surface area contributed by atoms with Gasteiger partial charge >= 0.3 is 0 Å². The third kappa shape index (κ3) is 5.61. The summed E-state index contributed by atoms with van der Waals surface area (Å²) in [6.45, 7) is -0.0495. The molecule has 1 atom stereocenters. The minimum absolute atomic E-state index is 0.0259. The number of amides is 1. The molecular weight excluding hydrogens is 442 g/mol. The molecule has 0 unspecified atom stereocenters. The summed E-state index contributed by atoms with van der Waals surface area (Å²) in [6, 6.07) is 21.6. The lowest BCUT2D eigenvalue weighted by Crippen LogP contribution is -2.25. The Balaban J connectivity index is 1.51. The Morgan fingerprint density at radius 2 is 1.73 bits per heavy atom. The van der Waals surface area contributed by atoms with Crippen LogP contribution in [0.25, 0.3) is 10.8 Å². The Morgan fingerprint density at radius 3 is 2.48 bits per heavy atom. The van der Waals surface area contributed by atoms with Crippen molar-refractivity contribution >= 4 is 26.7 Å². The van der Waals surface area contributed by atoms with E-state index < -0.39 is 22.0 Å². The Labute approximate surface area is 191 Å². The van der Waals surface area contributed by atoms with Gasteiger partial charge in [0.25, 0.3) is 0 Å². The van der Waals surface area contributed by atoms with E-state index in [1.807, 2.05) is 42.5 Å². The molecule has 0 spiro atoms. The molecule has 170 valence electrons. The predicted octanol–water partition coefficient (Wildman–Crippen LogP) is 2.59. The lowest BCUT2D eigenvalue weighted by atomic mass is 10.00. The van der Waals surface area contributed by atoms with Crippen LogP contribution in [-0.2, 0) is 27.8 Å². The Hall–Kier alpha value is -3.60. The molecule has 0 fully saturated rings. The van der Waals surface area contributed by atoms with Crippen molar-refractivity contribution in [1.29, 1.82) is 0 Å². The molecule has 3 N–H and O–H groups in total. The summed E-state index contributed by atoms with van der Waals surface area (Å²) in [5.41, 5.74) is 3.06. The minimum Gasteiger partial charge on any atom is -0.289 e. The van der Waals surface area contributed by atoms with Crippen LogP contribution < -0.4 is 10.2 Å². The molecule has 33 heavy (non-hydrogen) atoms. The summed E-state index contributed by atoms with van der Waals surface area (Å²) in [6.07, 6.45) is 2.04. The number of fused-ring (bicyclic) bond motifs is 1. The summed E-state index contributed by atoms with van der Waals surface area (Å²) in [5, 5.41) is 19.3. The van der Waals surface area contributed by atoms with E-state index in [9.17, 15) is 13.2 Å². The molecule has 0 aliphatic carbocycles. The van der Waals surface area contributed by atoms with E-state index in [1.165, 1.54) is 16.8 Å². The van der Waals surface area contributed by atoms with Crippen molar-refractivity contribution in [3.8, 4) is 0 Å². The molecule has 10 heteroatoms. The average Bonchev–Trinajstić information content (AvgIpc) is 3.32. The van der Waals surface area contributed by atoms with Crippen molar-refractivity contribution in [2.24, 2.45) is 0 Å². The van der Waals surface area contributed by atoms with Gasteiger partial charge in [0.15, 0.2) is 0 Å². The fraction of sp³-hybridized carbons (Fsp3) is 0.174. The maximum absolute atomic E-state index is 12.4. The zero-order chi connectivity index (χ0) is 23.3. The summed E-state index contributed by atoms with van der Waals surface area (Å²) >= 11 is 0. The number of carbonyl (C=O) groups excluding carboxylic acids is 1. The first kappa shape index (κ1) is 22.6. The van der Waals surface area contributed by atoms with Gasteiger partial charge in [-0.15, -0.1) is 5.10 Å². The maximum Gasteiger partial charge on any atom is 0.245 e. The van der Waals surface area contributed by atoms with Crippen molar-refractivity contribution in [2.45, 2.75) is 30.3 Å². The van der Waals surface area contributed by atoms with E-state index in [-0.39, 0.29) is 17.9 Å². The number of nitrogens with zero attached hydrogens (tertiary/aromatic N) is 3. The predicted molar refractivity (Wildman–Crippen MR) is 122 cm³/mol. The zero-order valence-electron chi connectivity index (χ0n) is 17.6. The van der Waals surface area contributed by atoms with E-state index in [1.54, 1.807) is 29.9 Å². The second kappa shape index (κ2) is 9.90. The molecule has 4 aromatic rings. The van der Waals surface area contributed by atoms with Crippen molar-refractivity contribution in [1.82, 2.24) is 25.2 Å². The van der Waals surface area contributed by atoms with Crippen molar-refractivity contribution < 1.29 is 18.4 Å². The molecule has 0 saturated heterocycles. The third-order valence-electron chi connectivity index (χ3n) is 5.26. The van der Waals surface area contributed by atoms with Crippen LogP contribution in [-0.4, -0.2) is 34.5 Å². The summed E-state index contributed by atoms with van der Waals surface area (Å²) in [5.74, 6) is -0.553. The molecule has 1 heterocycles. The number of rotatable bonds is 9. The Kier molecular flexibility index (Phi) is 6.78. The highest BCUT2D eigenvalue weighted by Gasteiger charge is 2.20. The molecular formula is C23H23N5O4S. The maximum atomic E-state index is 12.4. The van der Waals surface area contributed by atoms with Crippen LogP contribution in [0.1, 0.15) is 23.7 Å². The van der Waals surface area contributed by atoms with E-state index in [2.05, 4.69) is 15.0 Å². The quantitative estimate of drug-likeness (QED) is 0.258. The third-order valence-corrected chi connectivity index (χ3v) is 6.68. The number of hydrogen-bond acceptors (Lipinski definition) is 6. The van der Waals surface area contributed by atoms with E-state index in [4.69, 9.17) is 5.21 Å². The van der Waals surface area contributed by atoms with E-state index in [0.29, 0.717) is 12.1 Å². The lowest BCUT2D eigenvalue weighted by Gasteiger charge is -2.16. The largest absolute Gasteiger partial charge is 0.289 e. The molecule has 0 aliphatic rings. The van der Waals surface area contributed by atoms with Gasteiger partial charge in [-0.1, -0.05) is 65.9 Å². The van der Waals surface area contributed by atoms with Crippen LogP contribution in [0.2, 0.25) is 0 Å². The Morgan fingerprint density at radius 1 is 1.00 bits per heavy atom. The van der Waals surface area contributed by atoms with Gasteiger partial charge in [0.05, 0.1) is 35.8 Å². The van der Waals surface area contributed by atoms with Crippen molar-refractivity contribution in [2.75, 3.05) is 0 Å². The molecule has 0 aliphatic heterocycles. The highest BCUT2D eigenvalue weighted by atomic mass is 32.2. The van der Waals surface area contributed by atoms with Crippen LogP contribution in [0.15, 0.2) is 83.9 Å². The number of hydroxylamine groups is 1. The topological polar surface area (TPSA) is 126 Å². The monoisotopic (exact) mass is 465 g/mol. The molecule has 0 saturated carbocycles. The van der Waals surface area contributed by atoms with Crippen LogP contribution in [0, 0.1) is 0 Å². The molecule has 1 aromatic heterocycles. The summed E-state index contributed by atoms with van der Waals surface area (Å²) in [4.78, 5) is 12.1. The molecule has 1 amide bonds. The second-order valence-electron chi connectivity index (χ2n) is 7.61. The highest BCUT2D eigenvalue weighted by molar-refractivity contribution is 7.89. The van der Waals surface area contributed by atoms with Gasteiger partial charge in [-0.2, -0.15) is 0 Å². The normalized spacial score (nSPS) is 12.5. The van der Waals surface area contributed by atoms with Crippen LogP contribution in [0.5, 0.6) is 0 Å². The van der Waals surface area contributed by atoms with Crippen LogP contribution in [0.3, 0.4) is 0 Å². The number of sulfonamides is 1. The van der Waals surface area contributed by atoms with Crippen molar-refractivity contribution in [3.05, 3.63) is 90.3 Å². The minimum atomic E-state index is -3.69. The van der Waals surface area contributed by atoms with Gasteiger partial charge < -0.3 is 0 Å². The first-order chi connectivity index (χ1) is 15.9. The molecule has 9 nitrogen and oxygen atoms in total. The SMILES string of the molecule is O=C(C[C@@H](Cc1ccc2ccccc2c1)n1cc(CNS(=O)(=O)c2ccccc2)nn1)NO. The second-order valence-corrected chi connectivity index (χ2v) is 9.37. The number of nitrogens with one attached hydrogen (secondary N) is 2. The fourth-order valence-corrected chi connectivity index (χ4v) is 4.60. The Bertz CT molecular complexity index is 1360. The molecule has 0 bridgehead atoms.